The lowest BCUT2D eigenvalue weighted by Crippen LogP contribution is -2.23. The average Bonchev–Trinajstić information content (AvgIpc) is 3.41. The summed E-state index contributed by atoms with van der Waals surface area (Å²) in [6, 6.07) is 47.0. The van der Waals surface area contributed by atoms with E-state index in [1.165, 1.54) is 43.8 Å². The second-order valence-corrected chi connectivity index (χ2v) is 12.1. The van der Waals surface area contributed by atoms with Crippen molar-refractivity contribution in [2.45, 2.75) is 19.3 Å². The van der Waals surface area contributed by atoms with E-state index in [2.05, 4.69) is 115 Å². The molecule has 208 valence electrons. The molecule has 2 aromatic heterocycles. The molecule has 0 atom stereocenters. The molecule has 4 nitrogen and oxygen atoms in total. The summed E-state index contributed by atoms with van der Waals surface area (Å²) in [5.41, 5.74) is 9.25. The first-order valence-corrected chi connectivity index (χ1v) is 15.1. The van der Waals surface area contributed by atoms with Gasteiger partial charge in [0.15, 0.2) is 11.6 Å². The molecule has 0 fully saturated rings. The number of nitrogens with zero attached hydrogens (tertiary/aromatic N) is 4. The van der Waals surface area contributed by atoms with E-state index in [-0.39, 0.29) is 5.41 Å². The number of para-hydroxylation sites is 1. The van der Waals surface area contributed by atoms with Crippen LogP contribution in [0.2, 0.25) is 0 Å². The maximum Gasteiger partial charge on any atom is 0.238 e. The lowest BCUT2D eigenvalue weighted by atomic mass is 9.68. The topological polar surface area (TPSA) is 43.6 Å². The lowest BCUT2D eigenvalue weighted by Gasteiger charge is -2.35. The zero-order chi connectivity index (χ0) is 29.4. The van der Waals surface area contributed by atoms with Crippen molar-refractivity contribution in [3.05, 3.63) is 145 Å². The van der Waals surface area contributed by atoms with E-state index in [0.29, 0.717) is 17.6 Å². The third kappa shape index (κ3) is 3.48. The summed E-state index contributed by atoms with van der Waals surface area (Å²) in [5, 5.41) is 4.97. The molecule has 6 aromatic carbocycles. The van der Waals surface area contributed by atoms with Crippen molar-refractivity contribution in [1.82, 2.24) is 19.5 Å². The van der Waals surface area contributed by atoms with Crippen molar-refractivity contribution < 1.29 is 0 Å². The van der Waals surface area contributed by atoms with E-state index >= 15 is 0 Å². The molecule has 0 N–H and O–H groups in total. The summed E-state index contributed by atoms with van der Waals surface area (Å²) in [4.78, 5) is 15.3. The molecule has 0 aliphatic heterocycles. The Morgan fingerprint density at radius 1 is 0.523 bits per heavy atom. The standard InChI is InChI=1S/C40H28N4/c1-40(2)30-21-11-9-19-28(30)36-34-27(18-13-22-31(34)40)24-33-35(36)29-20-10-12-23-32(29)44(33)39-42-37(25-14-5-3-6-15-25)41-38(43-39)26-16-7-4-8-17-26/h3-24H,1-2H3. The minimum absolute atomic E-state index is 0.113. The highest BCUT2D eigenvalue weighted by molar-refractivity contribution is 6.24. The first-order chi connectivity index (χ1) is 21.6. The van der Waals surface area contributed by atoms with E-state index in [9.17, 15) is 0 Å². The van der Waals surface area contributed by atoms with E-state index in [0.717, 1.165) is 22.2 Å². The fraction of sp³-hybridized carbons (Fsp3) is 0.0750. The Hall–Kier alpha value is -5.61. The minimum Gasteiger partial charge on any atom is -0.278 e. The predicted molar refractivity (Wildman–Crippen MR) is 180 cm³/mol. The fourth-order valence-electron chi connectivity index (χ4n) is 7.20. The van der Waals surface area contributed by atoms with E-state index in [1.807, 2.05) is 36.4 Å². The van der Waals surface area contributed by atoms with Gasteiger partial charge >= 0.3 is 0 Å². The SMILES string of the molecule is CC1(C)c2ccccc2-c2c3c1cccc3cc1c2c2ccccc2n1-c1nc(-c2ccccc2)nc(-c2ccccc2)n1. The molecular formula is C40H28N4. The van der Waals surface area contributed by atoms with Gasteiger partial charge in [0, 0.05) is 32.9 Å². The smallest absolute Gasteiger partial charge is 0.238 e. The molecule has 44 heavy (non-hydrogen) atoms. The molecule has 8 aromatic rings. The Labute approximate surface area is 255 Å². The first-order valence-electron chi connectivity index (χ1n) is 15.1. The number of rotatable bonds is 3. The first kappa shape index (κ1) is 24.9. The zero-order valence-electron chi connectivity index (χ0n) is 24.5. The van der Waals surface area contributed by atoms with Crippen LogP contribution in [-0.2, 0) is 5.41 Å². The van der Waals surface area contributed by atoms with Gasteiger partial charge in [-0.25, -0.2) is 4.98 Å². The van der Waals surface area contributed by atoms with Crippen molar-refractivity contribution in [3.63, 3.8) is 0 Å². The van der Waals surface area contributed by atoms with Crippen LogP contribution < -0.4 is 0 Å². The van der Waals surface area contributed by atoms with Crippen molar-refractivity contribution in [2.24, 2.45) is 0 Å². The van der Waals surface area contributed by atoms with Gasteiger partial charge in [-0.3, -0.25) is 4.57 Å². The molecule has 2 heterocycles. The van der Waals surface area contributed by atoms with Crippen LogP contribution in [0.25, 0.3) is 72.4 Å². The third-order valence-corrected chi connectivity index (χ3v) is 9.23. The van der Waals surface area contributed by atoms with Gasteiger partial charge in [-0.1, -0.05) is 135 Å². The van der Waals surface area contributed by atoms with Crippen molar-refractivity contribution in [1.29, 1.82) is 0 Å². The van der Waals surface area contributed by atoms with Gasteiger partial charge in [0.05, 0.1) is 11.0 Å². The molecule has 0 unspecified atom stereocenters. The highest BCUT2D eigenvalue weighted by atomic mass is 15.2. The second-order valence-electron chi connectivity index (χ2n) is 12.1. The summed E-state index contributed by atoms with van der Waals surface area (Å²) in [6.45, 7) is 4.69. The molecule has 0 spiro atoms. The maximum atomic E-state index is 5.15. The average molecular weight is 565 g/mol. The molecule has 0 saturated heterocycles. The monoisotopic (exact) mass is 564 g/mol. The normalized spacial score (nSPS) is 13.4. The van der Waals surface area contributed by atoms with Gasteiger partial charge in [0.2, 0.25) is 5.95 Å². The van der Waals surface area contributed by atoms with Crippen molar-refractivity contribution >= 4 is 32.6 Å². The fourth-order valence-corrected chi connectivity index (χ4v) is 7.20. The van der Waals surface area contributed by atoms with Gasteiger partial charge in [0.1, 0.15) is 0 Å². The van der Waals surface area contributed by atoms with Crippen LogP contribution in [0.3, 0.4) is 0 Å². The number of hydrogen-bond donors (Lipinski definition) is 0. The van der Waals surface area contributed by atoms with Crippen LogP contribution >= 0.6 is 0 Å². The van der Waals surface area contributed by atoms with Crippen LogP contribution in [0.1, 0.15) is 25.0 Å². The molecular weight excluding hydrogens is 536 g/mol. The number of hydrogen-bond acceptors (Lipinski definition) is 3. The van der Waals surface area contributed by atoms with Crippen LogP contribution in [-0.4, -0.2) is 19.5 Å². The summed E-state index contributed by atoms with van der Waals surface area (Å²) >= 11 is 0. The van der Waals surface area contributed by atoms with Gasteiger partial charge in [-0.05, 0) is 39.6 Å². The lowest BCUT2D eigenvalue weighted by molar-refractivity contribution is 0.645. The molecule has 4 heteroatoms. The van der Waals surface area contributed by atoms with Gasteiger partial charge in [-0.2, -0.15) is 9.97 Å². The predicted octanol–water partition coefficient (Wildman–Crippen LogP) is 9.76. The highest BCUT2D eigenvalue weighted by Gasteiger charge is 2.35. The second kappa shape index (κ2) is 9.19. The molecule has 1 aliphatic rings. The van der Waals surface area contributed by atoms with Crippen molar-refractivity contribution in [2.75, 3.05) is 0 Å². The number of aromatic nitrogens is 4. The van der Waals surface area contributed by atoms with E-state index < -0.39 is 0 Å². The Morgan fingerprint density at radius 2 is 1.14 bits per heavy atom. The van der Waals surface area contributed by atoms with E-state index in [4.69, 9.17) is 15.0 Å². The molecule has 0 radical (unpaired) electrons. The van der Waals surface area contributed by atoms with Crippen molar-refractivity contribution in [3.8, 4) is 39.9 Å². The Bertz CT molecular complexity index is 2350. The Morgan fingerprint density at radius 3 is 1.86 bits per heavy atom. The zero-order valence-corrected chi connectivity index (χ0v) is 24.5. The summed E-state index contributed by atoms with van der Waals surface area (Å²) in [5.74, 6) is 1.91. The van der Waals surface area contributed by atoms with Gasteiger partial charge < -0.3 is 0 Å². The highest BCUT2D eigenvalue weighted by Crippen LogP contribution is 2.52. The molecule has 9 rings (SSSR count). The molecule has 0 saturated carbocycles. The van der Waals surface area contributed by atoms with Gasteiger partial charge in [0.25, 0.3) is 0 Å². The van der Waals surface area contributed by atoms with Crippen LogP contribution in [0.15, 0.2) is 133 Å². The Balaban J connectivity index is 1.45. The number of benzene rings is 6. The minimum atomic E-state index is -0.113. The largest absolute Gasteiger partial charge is 0.278 e. The van der Waals surface area contributed by atoms with Crippen LogP contribution in [0, 0.1) is 0 Å². The summed E-state index contributed by atoms with van der Waals surface area (Å²) in [7, 11) is 0. The molecule has 0 bridgehead atoms. The summed E-state index contributed by atoms with van der Waals surface area (Å²) < 4.78 is 2.23. The van der Waals surface area contributed by atoms with Crippen LogP contribution in [0.4, 0.5) is 0 Å². The maximum absolute atomic E-state index is 5.15. The quantitative estimate of drug-likeness (QED) is 0.215. The number of fused-ring (bicyclic) bond motifs is 6. The third-order valence-electron chi connectivity index (χ3n) is 9.23. The molecule has 0 amide bonds. The van der Waals surface area contributed by atoms with E-state index in [1.54, 1.807) is 0 Å². The Kier molecular flexibility index (Phi) is 5.21. The summed E-state index contributed by atoms with van der Waals surface area (Å²) in [6.07, 6.45) is 0. The molecule has 1 aliphatic carbocycles. The van der Waals surface area contributed by atoms with Crippen LogP contribution in [0.5, 0.6) is 0 Å². The van der Waals surface area contributed by atoms with Gasteiger partial charge in [-0.15, -0.1) is 0 Å².